The predicted molar refractivity (Wildman–Crippen MR) is 49.6 cm³/mol. The highest BCUT2D eigenvalue weighted by Gasteiger charge is 2.17. The predicted octanol–water partition coefficient (Wildman–Crippen LogP) is 0.565. The number of rotatable bonds is 4. The van der Waals surface area contributed by atoms with Gasteiger partial charge in [0.1, 0.15) is 0 Å². The van der Waals surface area contributed by atoms with Gasteiger partial charge in [-0.25, -0.2) is 8.42 Å². The van der Waals surface area contributed by atoms with E-state index in [0.717, 1.165) is 9.87 Å². The van der Waals surface area contributed by atoms with Crippen LogP contribution in [0, 0.1) is 11.3 Å². The summed E-state index contributed by atoms with van der Waals surface area (Å²) in [5.41, 5.74) is 0.758. The molecule has 0 aromatic carbocycles. The monoisotopic (exact) mass is 214 g/mol. The average Bonchev–Trinajstić information content (AvgIpc) is 2.56. The Morgan fingerprint density at radius 2 is 2.36 bits per heavy atom. The molecule has 0 bridgehead atoms. The Balaban J connectivity index is 2.68. The van der Waals surface area contributed by atoms with Crippen LogP contribution in [0.1, 0.15) is 5.56 Å². The Morgan fingerprint density at radius 1 is 1.64 bits per heavy atom. The van der Waals surface area contributed by atoms with E-state index in [2.05, 4.69) is 0 Å². The summed E-state index contributed by atoms with van der Waals surface area (Å²) in [6.45, 7) is 0.223. The summed E-state index contributed by atoms with van der Waals surface area (Å²) < 4.78 is 28.6. The zero-order valence-corrected chi connectivity index (χ0v) is 8.49. The molecule has 1 aromatic heterocycles. The fourth-order valence-corrected chi connectivity index (χ4v) is 1.66. The number of hydrogen-bond donors (Lipinski definition) is 0. The Hall–Kier alpha value is -1.32. The van der Waals surface area contributed by atoms with Gasteiger partial charge in [0.15, 0.2) is 5.75 Å². The first kappa shape index (κ1) is 10.8. The summed E-state index contributed by atoms with van der Waals surface area (Å²) in [6.07, 6.45) is 2.94. The molecule has 0 saturated carbocycles. The van der Waals surface area contributed by atoms with E-state index in [1.54, 1.807) is 12.1 Å². The van der Waals surface area contributed by atoms with Gasteiger partial charge in [-0.2, -0.15) is 9.57 Å². The van der Waals surface area contributed by atoms with Crippen molar-refractivity contribution in [2.24, 2.45) is 0 Å². The summed E-state index contributed by atoms with van der Waals surface area (Å²) in [4.78, 5) is 0. The lowest BCUT2D eigenvalue weighted by atomic mass is 10.3. The van der Waals surface area contributed by atoms with Gasteiger partial charge in [0.2, 0.25) is 10.0 Å². The van der Waals surface area contributed by atoms with Gasteiger partial charge in [-0.1, -0.05) is 0 Å². The van der Waals surface area contributed by atoms with Crippen molar-refractivity contribution in [1.82, 2.24) is 4.31 Å². The van der Waals surface area contributed by atoms with E-state index in [4.69, 9.17) is 9.68 Å². The van der Waals surface area contributed by atoms with Crippen LogP contribution in [0.2, 0.25) is 0 Å². The van der Waals surface area contributed by atoms with Crippen molar-refractivity contribution in [3.63, 3.8) is 0 Å². The van der Waals surface area contributed by atoms with Gasteiger partial charge in [0.25, 0.3) is 0 Å². The molecule has 0 saturated heterocycles. The highest BCUT2D eigenvalue weighted by atomic mass is 32.2. The number of nitrogens with zero attached hydrogens (tertiary/aromatic N) is 2. The Labute approximate surface area is 82.6 Å². The van der Waals surface area contributed by atoms with Crippen LogP contribution in [0.5, 0.6) is 0 Å². The quantitative estimate of drug-likeness (QED) is 0.734. The molecule has 0 aliphatic rings. The molecule has 1 heterocycles. The maximum absolute atomic E-state index is 11.3. The molecule has 6 heteroatoms. The molecule has 0 amide bonds. The molecular weight excluding hydrogens is 204 g/mol. The molecule has 1 aromatic rings. The minimum Gasteiger partial charge on any atom is -0.472 e. The molecule has 0 unspecified atom stereocenters. The Bertz CT molecular complexity index is 416. The van der Waals surface area contributed by atoms with Crippen molar-refractivity contribution in [3.8, 4) is 6.07 Å². The standard InChI is InChI=1S/C8H10N2O3S/c1-10(14(11,12)5-3-9)6-8-2-4-13-7-8/h2,4,7H,5-6H2,1H3. The SMILES string of the molecule is CN(Cc1ccoc1)S(=O)(=O)CC#N. The van der Waals surface area contributed by atoms with Crippen LogP contribution in [0.25, 0.3) is 0 Å². The molecular formula is C8H10N2O3S. The molecule has 0 fully saturated rings. The van der Waals surface area contributed by atoms with Gasteiger partial charge in [0.05, 0.1) is 18.6 Å². The molecule has 1 rings (SSSR count). The van der Waals surface area contributed by atoms with Crippen LogP contribution < -0.4 is 0 Å². The van der Waals surface area contributed by atoms with Gasteiger partial charge in [-0.05, 0) is 6.07 Å². The number of nitriles is 1. The average molecular weight is 214 g/mol. The largest absolute Gasteiger partial charge is 0.472 e. The van der Waals surface area contributed by atoms with Gasteiger partial charge in [0, 0.05) is 19.2 Å². The second kappa shape index (κ2) is 4.26. The lowest BCUT2D eigenvalue weighted by molar-refractivity contribution is 0.466. The number of sulfonamides is 1. The highest BCUT2D eigenvalue weighted by molar-refractivity contribution is 7.89. The zero-order chi connectivity index (χ0) is 10.6. The Morgan fingerprint density at radius 3 is 2.86 bits per heavy atom. The maximum Gasteiger partial charge on any atom is 0.227 e. The van der Waals surface area contributed by atoms with Crippen LogP contribution in [0.3, 0.4) is 0 Å². The molecule has 0 N–H and O–H groups in total. The number of furan rings is 1. The lowest BCUT2D eigenvalue weighted by Crippen LogP contribution is -2.28. The van der Waals surface area contributed by atoms with Crippen molar-refractivity contribution < 1.29 is 12.8 Å². The number of hydrogen-bond acceptors (Lipinski definition) is 4. The minimum absolute atomic E-state index is 0.223. The van der Waals surface area contributed by atoms with Crippen molar-refractivity contribution in [3.05, 3.63) is 24.2 Å². The van der Waals surface area contributed by atoms with E-state index in [1.165, 1.54) is 19.6 Å². The highest BCUT2D eigenvalue weighted by Crippen LogP contribution is 2.07. The third-order valence-electron chi connectivity index (χ3n) is 1.71. The normalized spacial score (nSPS) is 11.5. The van der Waals surface area contributed by atoms with Gasteiger partial charge < -0.3 is 4.42 Å². The molecule has 5 nitrogen and oxygen atoms in total. The van der Waals surface area contributed by atoms with Crippen molar-refractivity contribution in [1.29, 1.82) is 5.26 Å². The summed E-state index contributed by atoms with van der Waals surface area (Å²) in [5, 5.41) is 8.30. The topological polar surface area (TPSA) is 74.3 Å². The first-order chi connectivity index (χ1) is 6.56. The van der Waals surface area contributed by atoms with E-state index >= 15 is 0 Å². The summed E-state index contributed by atoms with van der Waals surface area (Å²) in [6, 6.07) is 3.29. The molecule has 0 atom stereocenters. The summed E-state index contributed by atoms with van der Waals surface area (Å²) in [7, 11) is -2.03. The summed E-state index contributed by atoms with van der Waals surface area (Å²) >= 11 is 0. The second-order valence-electron chi connectivity index (χ2n) is 2.80. The fraction of sp³-hybridized carbons (Fsp3) is 0.375. The van der Waals surface area contributed by atoms with Crippen LogP contribution in [0.4, 0.5) is 0 Å². The first-order valence-corrected chi connectivity index (χ1v) is 5.49. The third-order valence-corrected chi connectivity index (χ3v) is 3.28. The van der Waals surface area contributed by atoms with Crippen molar-refractivity contribution in [2.75, 3.05) is 12.8 Å². The van der Waals surface area contributed by atoms with E-state index in [1.807, 2.05) is 0 Å². The van der Waals surface area contributed by atoms with Crippen LogP contribution in [-0.4, -0.2) is 25.5 Å². The van der Waals surface area contributed by atoms with Crippen LogP contribution >= 0.6 is 0 Å². The zero-order valence-electron chi connectivity index (χ0n) is 7.67. The van der Waals surface area contributed by atoms with Gasteiger partial charge >= 0.3 is 0 Å². The van der Waals surface area contributed by atoms with Gasteiger partial charge in [-0.3, -0.25) is 0 Å². The van der Waals surface area contributed by atoms with Crippen LogP contribution in [0.15, 0.2) is 23.0 Å². The second-order valence-corrected chi connectivity index (χ2v) is 4.88. The molecule has 0 aliphatic heterocycles. The molecule has 76 valence electrons. The third kappa shape index (κ3) is 2.58. The lowest BCUT2D eigenvalue weighted by Gasteiger charge is -2.13. The van der Waals surface area contributed by atoms with E-state index in [9.17, 15) is 8.42 Å². The molecule has 14 heavy (non-hydrogen) atoms. The van der Waals surface area contributed by atoms with Crippen molar-refractivity contribution >= 4 is 10.0 Å². The Kier molecular flexibility index (Phi) is 3.28. The van der Waals surface area contributed by atoms with E-state index in [-0.39, 0.29) is 6.54 Å². The maximum atomic E-state index is 11.3. The molecule has 0 radical (unpaired) electrons. The summed E-state index contributed by atoms with van der Waals surface area (Å²) in [5.74, 6) is -0.499. The van der Waals surface area contributed by atoms with E-state index < -0.39 is 15.8 Å². The van der Waals surface area contributed by atoms with E-state index in [0.29, 0.717) is 0 Å². The molecule has 0 spiro atoms. The minimum atomic E-state index is -3.46. The van der Waals surface area contributed by atoms with Gasteiger partial charge in [-0.15, -0.1) is 0 Å². The van der Waals surface area contributed by atoms with Crippen molar-refractivity contribution in [2.45, 2.75) is 6.54 Å². The molecule has 0 aliphatic carbocycles. The fourth-order valence-electron chi connectivity index (χ4n) is 0.930. The first-order valence-electron chi connectivity index (χ1n) is 3.88. The van der Waals surface area contributed by atoms with Crippen LogP contribution in [-0.2, 0) is 16.6 Å². The smallest absolute Gasteiger partial charge is 0.227 e.